The fourth-order valence-electron chi connectivity index (χ4n) is 3.28. The average molecular weight is 401 g/mol. The molecule has 0 aliphatic carbocycles. The molecule has 2 N–H and O–H groups in total. The summed E-state index contributed by atoms with van der Waals surface area (Å²) in [7, 11) is 2.75. The molecule has 2 aromatic heterocycles. The molecule has 1 aliphatic rings. The van der Waals surface area contributed by atoms with Gasteiger partial charge in [0.1, 0.15) is 11.4 Å². The lowest BCUT2D eigenvalue weighted by Gasteiger charge is -2.36. The highest BCUT2D eigenvalue weighted by molar-refractivity contribution is 5.93. The molecule has 1 aliphatic heterocycles. The van der Waals surface area contributed by atoms with Crippen LogP contribution in [-0.2, 0) is 14.1 Å². The Morgan fingerprint density at radius 3 is 2.62 bits per heavy atom. The van der Waals surface area contributed by atoms with E-state index in [2.05, 4.69) is 10.3 Å². The number of piperidine rings is 1. The van der Waals surface area contributed by atoms with E-state index in [0.717, 1.165) is 15.2 Å². The molecule has 3 rings (SSSR count). The molecule has 0 spiro atoms. The van der Waals surface area contributed by atoms with E-state index in [9.17, 15) is 24.3 Å². The van der Waals surface area contributed by atoms with Gasteiger partial charge >= 0.3 is 5.69 Å². The normalized spacial score (nSPS) is 19.1. The van der Waals surface area contributed by atoms with Gasteiger partial charge in [-0.05, 0) is 25.5 Å². The summed E-state index contributed by atoms with van der Waals surface area (Å²) in [6.07, 6.45) is -0.586. The van der Waals surface area contributed by atoms with E-state index in [-0.39, 0.29) is 30.9 Å². The number of carbonyl (C=O) groups excluding carboxylic acids is 2. The van der Waals surface area contributed by atoms with Crippen LogP contribution in [0.15, 0.2) is 33.9 Å². The van der Waals surface area contributed by atoms with Crippen molar-refractivity contribution >= 4 is 11.8 Å². The highest BCUT2D eigenvalue weighted by atomic mass is 16.3. The van der Waals surface area contributed by atoms with Gasteiger partial charge in [-0.15, -0.1) is 0 Å². The van der Waals surface area contributed by atoms with Gasteiger partial charge in [-0.3, -0.25) is 23.5 Å². The first-order valence-corrected chi connectivity index (χ1v) is 9.18. The SMILES string of the molecule is Cc1cccc(C(=O)N[C@@H]2CN(C(=O)c3cc(=O)n(C)c(=O)n3C)CC[C@@H]2O)n1. The van der Waals surface area contributed by atoms with Crippen molar-refractivity contribution in [3.05, 3.63) is 62.2 Å². The van der Waals surface area contributed by atoms with Crippen LogP contribution in [0.4, 0.5) is 0 Å². The van der Waals surface area contributed by atoms with Crippen molar-refractivity contribution in [2.75, 3.05) is 13.1 Å². The van der Waals surface area contributed by atoms with Gasteiger partial charge in [-0.2, -0.15) is 0 Å². The number of hydrogen-bond donors (Lipinski definition) is 2. The predicted molar refractivity (Wildman–Crippen MR) is 104 cm³/mol. The lowest BCUT2D eigenvalue weighted by molar-refractivity contribution is 0.0351. The van der Waals surface area contributed by atoms with Crippen molar-refractivity contribution in [2.24, 2.45) is 14.1 Å². The molecule has 0 aromatic carbocycles. The number of aromatic nitrogens is 3. The fourth-order valence-corrected chi connectivity index (χ4v) is 3.28. The first kappa shape index (κ1) is 20.5. The molecule has 0 bridgehead atoms. The molecule has 10 nitrogen and oxygen atoms in total. The van der Waals surface area contributed by atoms with Crippen LogP contribution in [-0.4, -0.2) is 61.2 Å². The Morgan fingerprint density at radius 1 is 1.21 bits per heavy atom. The van der Waals surface area contributed by atoms with Gasteiger partial charge in [0, 0.05) is 38.9 Å². The van der Waals surface area contributed by atoms with Crippen LogP contribution in [0.2, 0.25) is 0 Å². The Bertz CT molecular complexity index is 1070. The molecule has 2 aromatic rings. The molecule has 29 heavy (non-hydrogen) atoms. The van der Waals surface area contributed by atoms with Crippen LogP contribution in [0.25, 0.3) is 0 Å². The molecule has 0 saturated carbocycles. The minimum absolute atomic E-state index is 0.0417. The summed E-state index contributed by atoms with van der Waals surface area (Å²) < 4.78 is 2.02. The average Bonchev–Trinajstić information content (AvgIpc) is 2.70. The number of amides is 2. The zero-order valence-corrected chi connectivity index (χ0v) is 16.5. The van der Waals surface area contributed by atoms with Crippen LogP contribution in [0.3, 0.4) is 0 Å². The van der Waals surface area contributed by atoms with Crippen LogP contribution in [0.5, 0.6) is 0 Å². The van der Waals surface area contributed by atoms with E-state index >= 15 is 0 Å². The van der Waals surface area contributed by atoms with Gasteiger partial charge in [-0.25, -0.2) is 9.78 Å². The maximum absolute atomic E-state index is 12.9. The minimum atomic E-state index is -0.833. The Balaban J connectivity index is 1.79. The van der Waals surface area contributed by atoms with E-state index in [0.29, 0.717) is 5.69 Å². The molecule has 1 fully saturated rings. The molecule has 0 radical (unpaired) electrons. The van der Waals surface area contributed by atoms with Gasteiger partial charge in [0.2, 0.25) is 0 Å². The Kier molecular flexibility index (Phi) is 5.64. The maximum Gasteiger partial charge on any atom is 0.331 e. The third-order valence-corrected chi connectivity index (χ3v) is 5.05. The van der Waals surface area contributed by atoms with E-state index in [1.54, 1.807) is 25.1 Å². The van der Waals surface area contributed by atoms with Crippen molar-refractivity contribution in [1.29, 1.82) is 0 Å². The summed E-state index contributed by atoms with van der Waals surface area (Å²) in [5.41, 5.74) is -0.322. The third-order valence-electron chi connectivity index (χ3n) is 5.05. The van der Waals surface area contributed by atoms with Crippen molar-refractivity contribution in [1.82, 2.24) is 24.3 Å². The second kappa shape index (κ2) is 8.00. The summed E-state index contributed by atoms with van der Waals surface area (Å²) >= 11 is 0. The van der Waals surface area contributed by atoms with Crippen LogP contribution in [0, 0.1) is 6.92 Å². The number of likely N-dealkylation sites (tertiary alicyclic amines) is 1. The molecule has 154 valence electrons. The number of nitrogens with one attached hydrogen (secondary N) is 1. The van der Waals surface area contributed by atoms with Crippen molar-refractivity contribution in [2.45, 2.75) is 25.5 Å². The summed E-state index contributed by atoms with van der Waals surface area (Å²) in [6, 6.07) is 5.45. The summed E-state index contributed by atoms with van der Waals surface area (Å²) in [5.74, 6) is -0.963. The highest BCUT2D eigenvalue weighted by Crippen LogP contribution is 2.14. The second-order valence-electron chi connectivity index (χ2n) is 7.12. The zero-order chi connectivity index (χ0) is 21.3. The van der Waals surface area contributed by atoms with Crippen LogP contribution >= 0.6 is 0 Å². The number of aryl methyl sites for hydroxylation is 1. The van der Waals surface area contributed by atoms with E-state index in [1.807, 2.05) is 0 Å². The number of carbonyl (C=O) groups is 2. The molecule has 1 saturated heterocycles. The largest absolute Gasteiger partial charge is 0.391 e. The van der Waals surface area contributed by atoms with Crippen LogP contribution in [0.1, 0.15) is 33.1 Å². The topological polar surface area (TPSA) is 127 Å². The van der Waals surface area contributed by atoms with Crippen LogP contribution < -0.4 is 16.6 Å². The van der Waals surface area contributed by atoms with Gasteiger partial charge in [0.25, 0.3) is 17.4 Å². The van der Waals surface area contributed by atoms with Crippen molar-refractivity contribution < 1.29 is 14.7 Å². The second-order valence-corrected chi connectivity index (χ2v) is 7.12. The third kappa shape index (κ3) is 4.11. The van der Waals surface area contributed by atoms with Gasteiger partial charge in [0.05, 0.1) is 12.1 Å². The monoisotopic (exact) mass is 401 g/mol. The van der Waals surface area contributed by atoms with E-state index in [1.165, 1.54) is 19.0 Å². The number of aliphatic hydroxyl groups excluding tert-OH is 1. The first-order valence-electron chi connectivity index (χ1n) is 9.18. The van der Waals surface area contributed by atoms with E-state index < -0.39 is 35.2 Å². The molecule has 10 heteroatoms. The molecule has 2 atom stereocenters. The molecular weight excluding hydrogens is 378 g/mol. The van der Waals surface area contributed by atoms with Crippen molar-refractivity contribution in [3.8, 4) is 0 Å². The number of hydrogen-bond acceptors (Lipinski definition) is 6. The smallest absolute Gasteiger partial charge is 0.331 e. The molecule has 2 amide bonds. The highest BCUT2D eigenvalue weighted by Gasteiger charge is 2.33. The van der Waals surface area contributed by atoms with Gasteiger partial charge < -0.3 is 15.3 Å². The summed E-state index contributed by atoms with van der Waals surface area (Å²) in [4.78, 5) is 54.9. The number of rotatable bonds is 3. The van der Waals surface area contributed by atoms with E-state index in [4.69, 9.17) is 0 Å². The van der Waals surface area contributed by atoms with Gasteiger partial charge in [0.15, 0.2) is 0 Å². The Morgan fingerprint density at radius 2 is 1.93 bits per heavy atom. The summed E-state index contributed by atoms with van der Waals surface area (Å²) in [5, 5.41) is 13.0. The quantitative estimate of drug-likeness (QED) is 0.665. The summed E-state index contributed by atoms with van der Waals surface area (Å²) in [6.45, 7) is 2.04. The maximum atomic E-state index is 12.9. The lowest BCUT2D eigenvalue weighted by atomic mass is 10.0. The fraction of sp³-hybridized carbons (Fsp3) is 0.421. The number of pyridine rings is 1. The number of aliphatic hydroxyl groups is 1. The predicted octanol–water partition coefficient (Wildman–Crippen LogP) is -1.21. The zero-order valence-electron chi connectivity index (χ0n) is 16.5. The number of nitrogens with zero attached hydrogens (tertiary/aromatic N) is 4. The Labute approximate surface area is 166 Å². The molecule has 3 heterocycles. The van der Waals surface area contributed by atoms with Crippen molar-refractivity contribution in [3.63, 3.8) is 0 Å². The molecular formula is C19H23N5O5. The van der Waals surface area contributed by atoms with Gasteiger partial charge in [-0.1, -0.05) is 6.07 Å². The lowest BCUT2D eigenvalue weighted by Crippen LogP contribution is -2.57. The first-order chi connectivity index (χ1) is 13.7. The Hall–Kier alpha value is -3.27. The minimum Gasteiger partial charge on any atom is -0.391 e. The standard InChI is InChI=1S/C19H23N5O5/c1-11-5-4-6-12(20-11)17(27)21-13-10-24(8-7-15(13)25)18(28)14-9-16(26)23(3)19(29)22(14)2/h4-6,9,13,15,25H,7-8,10H2,1-3H3,(H,21,27)/t13-,15+/m1/s1. The molecule has 0 unspecified atom stereocenters.